The summed E-state index contributed by atoms with van der Waals surface area (Å²) in [7, 11) is 0. The maximum absolute atomic E-state index is 5.37. The average Bonchev–Trinajstić information content (AvgIpc) is 3.64. The number of allylic oxidation sites excluding steroid dienone is 1. The number of aromatic nitrogens is 1. The molecule has 1 unspecified atom stereocenters. The molecule has 0 bridgehead atoms. The lowest BCUT2D eigenvalue weighted by atomic mass is 10.0. The number of thiophene rings is 1. The van der Waals surface area contributed by atoms with Gasteiger partial charge in [-0.2, -0.15) is 0 Å². The summed E-state index contributed by atoms with van der Waals surface area (Å²) in [6, 6.07) is 52.3. The highest BCUT2D eigenvalue weighted by Gasteiger charge is 2.27. The highest BCUT2D eigenvalue weighted by atomic mass is 32.1. The van der Waals surface area contributed by atoms with Crippen molar-refractivity contribution in [2.24, 2.45) is 4.99 Å². The third kappa shape index (κ3) is 4.04. The van der Waals surface area contributed by atoms with Gasteiger partial charge in [0.1, 0.15) is 5.70 Å². The first kappa shape index (κ1) is 25.2. The Morgan fingerprint density at radius 2 is 1.23 bits per heavy atom. The van der Waals surface area contributed by atoms with E-state index in [0.29, 0.717) is 0 Å². The number of hydrogen-bond acceptors (Lipinski definition) is 2. The molecule has 0 saturated heterocycles. The molecule has 0 saturated carbocycles. The minimum absolute atomic E-state index is 0.190. The van der Waals surface area contributed by atoms with Crippen LogP contribution in [0.1, 0.15) is 17.4 Å². The van der Waals surface area contributed by atoms with Gasteiger partial charge in [0.15, 0.2) is 0 Å². The average molecular weight is 583 g/mol. The first-order valence-electron chi connectivity index (χ1n) is 15.0. The molecule has 8 aromatic rings. The zero-order chi connectivity index (χ0) is 29.0. The number of hydrogen-bond donors (Lipinski definition) is 1. The molecule has 6 aromatic carbocycles. The maximum atomic E-state index is 5.37. The van der Waals surface area contributed by atoms with Crippen LogP contribution in [0.25, 0.3) is 58.8 Å². The molecule has 0 spiro atoms. The van der Waals surface area contributed by atoms with E-state index in [0.717, 1.165) is 11.3 Å². The van der Waals surface area contributed by atoms with E-state index in [1.165, 1.54) is 64.4 Å². The molecule has 1 atom stereocenters. The number of fused-ring (bicyclic) bond motifs is 6. The zero-order valence-corrected chi connectivity index (χ0v) is 24.7. The van der Waals surface area contributed by atoms with E-state index < -0.39 is 0 Å². The van der Waals surface area contributed by atoms with Crippen LogP contribution < -0.4 is 5.32 Å². The summed E-state index contributed by atoms with van der Waals surface area (Å²) in [5.74, 6) is 0. The first-order chi connectivity index (χ1) is 21.8. The van der Waals surface area contributed by atoms with Crippen LogP contribution in [0.5, 0.6) is 0 Å². The number of nitrogens with two attached hydrogens (primary N) is 1. The molecule has 0 radical (unpaired) electrons. The molecule has 9 rings (SSSR count). The van der Waals surface area contributed by atoms with Crippen LogP contribution in [-0.4, -0.2) is 10.3 Å². The predicted octanol–water partition coefficient (Wildman–Crippen LogP) is 9.39. The Morgan fingerprint density at radius 3 is 2.07 bits per heavy atom. The van der Waals surface area contributed by atoms with Gasteiger partial charge in [0.05, 0.1) is 16.7 Å². The standard InChI is InChI=1S/C40H27N3S/c1-3-12-26(13-4-1)34-25-35(27-14-5-2-6-15-27)42-40(41-34)43-36-20-9-7-16-30(36)33-24-28(22-23-37(33)43)29-18-11-19-32-31-17-8-10-21-38(31)44-39(29)32/h1-25,40-41H/p+1. The minimum Gasteiger partial charge on any atom is -0.274 e. The second kappa shape index (κ2) is 10.2. The quantitative estimate of drug-likeness (QED) is 0.215. The van der Waals surface area contributed by atoms with Crippen LogP contribution >= 0.6 is 11.3 Å². The van der Waals surface area contributed by atoms with Crippen LogP contribution in [-0.2, 0) is 0 Å². The molecular formula is C40H28N3S+. The first-order valence-corrected chi connectivity index (χ1v) is 15.8. The van der Waals surface area contributed by atoms with Crippen molar-refractivity contribution in [3.05, 3.63) is 163 Å². The smallest absolute Gasteiger partial charge is 0.269 e. The molecule has 44 heavy (non-hydrogen) atoms. The lowest BCUT2D eigenvalue weighted by Gasteiger charge is -2.22. The van der Waals surface area contributed by atoms with Crippen molar-refractivity contribution in [1.29, 1.82) is 0 Å². The number of quaternary nitrogens is 1. The normalized spacial score (nSPS) is 15.2. The molecule has 3 heterocycles. The predicted molar refractivity (Wildman–Crippen MR) is 186 cm³/mol. The van der Waals surface area contributed by atoms with E-state index in [4.69, 9.17) is 4.99 Å². The van der Waals surface area contributed by atoms with Crippen LogP contribution in [0.15, 0.2) is 157 Å². The van der Waals surface area contributed by atoms with E-state index in [-0.39, 0.29) is 6.29 Å². The van der Waals surface area contributed by atoms with Gasteiger partial charge in [0.25, 0.3) is 6.29 Å². The monoisotopic (exact) mass is 582 g/mol. The molecule has 1 aliphatic heterocycles. The minimum atomic E-state index is -0.190. The van der Waals surface area contributed by atoms with Gasteiger partial charge in [-0.1, -0.05) is 109 Å². The van der Waals surface area contributed by atoms with Crippen LogP contribution in [0.4, 0.5) is 0 Å². The lowest BCUT2D eigenvalue weighted by molar-refractivity contribution is -0.625. The summed E-state index contributed by atoms with van der Waals surface area (Å²) in [4.78, 5) is 5.37. The number of para-hydroxylation sites is 1. The Bertz CT molecular complexity index is 2410. The zero-order valence-electron chi connectivity index (χ0n) is 23.9. The van der Waals surface area contributed by atoms with Crippen molar-refractivity contribution in [2.45, 2.75) is 6.29 Å². The van der Waals surface area contributed by atoms with Crippen molar-refractivity contribution < 1.29 is 5.32 Å². The van der Waals surface area contributed by atoms with E-state index >= 15 is 0 Å². The highest BCUT2D eigenvalue weighted by molar-refractivity contribution is 7.26. The fourth-order valence-corrected chi connectivity index (χ4v) is 7.95. The summed E-state index contributed by atoms with van der Waals surface area (Å²) in [5, 5.41) is 7.45. The molecule has 2 N–H and O–H groups in total. The van der Waals surface area contributed by atoms with E-state index in [1.807, 2.05) is 11.3 Å². The van der Waals surface area contributed by atoms with E-state index in [9.17, 15) is 0 Å². The third-order valence-corrected chi connectivity index (χ3v) is 9.98. The Kier molecular flexibility index (Phi) is 5.83. The molecule has 0 fully saturated rings. The van der Waals surface area contributed by atoms with Gasteiger partial charge >= 0.3 is 0 Å². The van der Waals surface area contributed by atoms with Gasteiger partial charge in [-0.25, -0.2) is 4.99 Å². The van der Waals surface area contributed by atoms with Gasteiger partial charge in [-0.15, -0.1) is 11.3 Å². The van der Waals surface area contributed by atoms with Gasteiger partial charge < -0.3 is 0 Å². The number of aliphatic imine (C=N–C) groups is 1. The van der Waals surface area contributed by atoms with Crippen molar-refractivity contribution in [3.8, 4) is 11.1 Å². The molecule has 208 valence electrons. The van der Waals surface area contributed by atoms with Crippen molar-refractivity contribution in [3.63, 3.8) is 0 Å². The molecule has 2 aromatic heterocycles. The highest BCUT2D eigenvalue weighted by Crippen LogP contribution is 2.41. The van der Waals surface area contributed by atoms with E-state index in [2.05, 4.69) is 162 Å². The fourth-order valence-electron chi connectivity index (χ4n) is 6.71. The van der Waals surface area contributed by atoms with Crippen LogP contribution in [0, 0.1) is 0 Å². The Balaban J connectivity index is 1.24. The summed E-state index contributed by atoms with van der Waals surface area (Å²) in [6.45, 7) is 0. The molecule has 0 aliphatic carbocycles. The summed E-state index contributed by atoms with van der Waals surface area (Å²) in [6.07, 6.45) is 2.03. The largest absolute Gasteiger partial charge is 0.274 e. The summed E-state index contributed by atoms with van der Waals surface area (Å²) >= 11 is 1.88. The van der Waals surface area contributed by atoms with Crippen molar-refractivity contribution >= 4 is 64.7 Å². The van der Waals surface area contributed by atoms with Gasteiger partial charge in [-0.3, -0.25) is 9.88 Å². The summed E-state index contributed by atoms with van der Waals surface area (Å²) < 4.78 is 5.08. The lowest BCUT2D eigenvalue weighted by Crippen LogP contribution is -2.84. The Hall–Kier alpha value is -5.29. The third-order valence-electron chi connectivity index (χ3n) is 8.76. The number of benzene rings is 6. The molecule has 0 amide bonds. The van der Waals surface area contributed by atoms with Crippen LogP contribution in [0.3, 0.4) is 0 Å². The summed E-state index contributed by atoms with van der Waals surface area (Å²) in [5.41, 5.74) is 9.39. The molecule has 3 nitrogen and oxygen atoms in total. The van der Waals surface area contributed by atoms with E-state index in [1.54, 1.807) is 0 Å². The second-order valence-corrected chi connectivity index (χ2v) is 12.4. The van der Waals surface area contributed by atoms with Gasteiger partial charge in [0.2, 0.25) is 0 Å². The Morgan fingerprint density at radius 1 is 0.545 bits per heavy atom. The molecular weight excluding hydrogens is 555 g/mol. The maximum Gasteiger partial charge on any atom is 0.269 e. The molecule has 4 heteroatoms. The van der Waals surface area contributed by atoms with Crippen molar-refractivity contribution in [1.82, 2.24) is 4.57 Å². The Labute approximate surface area is 259 Å². The van der Waals surface area contributed by atoms with Crippen LogP contribution in [0.2, 0.25) is 0 Å². The second-order valence-electron chi connectivity index (χ2n) is 11.3. The van der Waals surface area contributed by atoms with Crippen molar-refractivity contribution in [2.75, 3.05) is 0 Å². The topological polar surface area (TPSA) is 33.9 Å². The SMILES string of the molecule is C1=C(c2ccccc2)[NH2+]C(n2c3ccccc3c3cc(-c4cccc5c4sc4ccccc45)ccc32)N=C1c1ccccc1. The van der Waals surface area contributed by atoms with Gasteiger partial charge in [-0.05, 0) is 47.5 Å². The molecule has 1 aliphatic rings. The number of nitrogens with zero attached hydrogens (tertiary/aromatic N) is 2. The number of rotatable bonds is 4. The fraction of sp³-hybridized carbons (Fsp3) is 0.0250. The van der Waals surface area contributed by atoms with Gasteiger partial charge in [0, 0.05) is 48.1 Å².